The van der Waals surface area contributed by atoms with E-state index in [9.17, 15) is 0 Å². The maximum Gasteiger partial charge on any atom is 0.240 e. The number of nitrogens with zero attached hydrogens (tertiary/aromatic N) is 5. The molecular weight excluding hydrogens is 252 g/mol. The predicted molar refractivity (Wildman–Crippen MR) is 68.9 cm³/mol. The Hall–Kier alpha value is -1.67. The Bertz CT molecular complexity index is 489. The summed E-state index contributed by atoms with van der Waals surface area (Å²) in [6, 6.07) is 0. The third-order valence-corrected chi connectivity index (χ3v) is 3.03. The van der Waals surface area contributed by atoms with E-state index < -0.39 is 0 Å². The van der Waals surface area contributed by atoms with Crippen LogP contribution in [0.15, 0.2) is 23.9 Å². The minimum absolute atomic E-state index is 0.172. The molecule has 96 valence electrons. The first-order valence-electron chi connectivity index (χ1n) is 5.49. The third-order valence-electron chi connectivity index (χ3n) is 2.10. The number of aromatic nitrogens is 5. The van der Waals surface area contributed by atoms with Crippen molar-refractivity contribution in [3.63, 3.8) is 0 Å². The van der Waals surface area contributed by atoms with Gasteiger partial charge in [0.2, 0.25) is 11.9 Å². The summed E-state index contributed by atoms with van der Waals surface area (Å²) in [5.41, 5.74) is 0. The summed E-state index contributed by atoms with van der Waals surface area (Å²) in [7, 11) is 1.76. The van der Waals surface area contributed by atoms with Crippen molar-refractivity contribution < 1.29 is 5.11 Å². The summed E-state index contributed by atoms with van der Waals surface area (Å²) in [6.45, 7) is 0.172. The van der Waals surface area contributed by atoms with Gasteiger partial charge in [-0.1, -0.05) is 11.8 Å². The Morgan fingerprint density at radius 3 is 2.94 bits per heavy atom. The van der Waals surface area contributed by atoms with E-state index in [-0.39, 0.29) is 6.61 Å². The van der Waals surface area contributed by atoms with Crippen molar-refractivity contribution in [2.24, 2.45) is 0 Å². The number of hydrogen-bond acceptors (Lipinski definition) is 7. The van der Waals surface area contributed by atoms with Crippen molar-refractivity contribution in [1.29, 1.82) is 0 Å². The van der Waals surface area contributed by atoms with E-state index in [4.69, 9.17) is 5.11 Å². The molecule has 0 saturated carbocycles. The van der Waals surface area contributed by atoms with Gasteiger partial charge < -0.3 is 10.4 Å². The second-order valence-corrected chi connectivity index (χ2v) is 4.45. The first kappa shape index (κ1) is 12.8. The molecule has 2 aromatic rings. The number of imidazole rings is 1. The molecule has 2 heterocycles. The topological polar surface area (TPSA) is 88.8 Å². The monoisotopic (exact) mass is 266 g/mol. The van der Waals surface area contributed by atoms with E-state index in [2.05, 4.69) is 25.3 Å². The van der Waals surface area contributed by atoms with E-state index in [1.54, 1.807) is 30.3 Å². The molecule has 0 aliphatic rings. The quantitative estimate of drug-likeness (QED) is 0.583. The van der Waals surface area contributed by atoms with Crippen molar-refractivity contribution in [1.82, 2.24) is 24.5 Å². The second kappa shape index (κ2) is 6.31. The van der Waals surface area contributed by atoms with E-state index in [0.29, 0.717) is 23.5 Å². The summed E-state index contributed by atoms with van der Waals surface area (Å²) in [5.74, 6) is 1.81. The first-order chi connectivity index (χ1) is 8.83. The molecule has 0 radical (unpaired) electrons. The van der Waals surface area contributed by atoms with Gasteiger partial charge in [0.15, 0.2) is 5.16 Å². The molecule has 0 amide bonds. The summed E-state index contributed by atoms with van der Waals surface area (Å²) < 4.78 is 1.72. The SMILES string of the molecule is CNc1nc(SCCCO)nc(-n2ccnc2)n1. The van der Waals surface area contributed by atoms with Crippen LogP contribution in [-0.4, -0.2) is 49.0 Å². The lowest BCUT2D eigenvalue weighted by Crippen LogP contribution is -2.06. The van der Waals surface area contributed by atoms with Crippen LogP contribution in [0.4, 0.5) is 5.95 Å². The average molecular weight is 266 g/mol. The fraction of sp³-hybridized carbons (Fsp3) is 0.400. The molecule has 7 nitrogen and oxygen atoms in total. The molecule has 2 N–H and O–H groups in total. The molecule has 0 aromatic carbocycles. The van der Waals surface area contributed by atoms with Crippen molar-refractivity contribution in [3.05, 3.63) is 18.7 Å². The number of hydrogen-bond donors (Lipinski definition) is 2. The van der Waals surface area contributed by atoms with E-state index in [1.165, 1.54) is 11.8 Å². The third kappa shape index (κ3) is 3.17. The molecular formula is C10H14N6OS. The van der Waals surface area contributed by atoms with Crippen molar-refractivity contribution in [2.75, 3.05) is 24.7 Å². The van der Waals surface area contributed by atoms with Gasteiger partial charge in [-0.15, -0.1) is 0 Å². The second-order valence-electron chi connectivity index (χ2n) is 3.39. The number of anilines is 1. The highest BCUT2D eigenvalue weighted by Gasteiger charge is 2.07. The number of thioether (sulfide) groups is 1. The lowest BCUT2D eigenvalue weighted by molar-refractivity contribution is 0.296. The molecule has 0 spiro atoms. The lowest BCUT2D eigenvalue weighted by atomic mass is 10.5. The average Bonchev–Trinajstić information content (AvgIpc) is 2.92. The lowest BCUT2D eigenvalue weighted by Gasteiger charge is -2.06. The Morgan fingerprint density at radius 2 is 2.28 bits per heavy atom. The minimum atomic E-state index is 0.172. The van der Waals surface area contributed by atoms with E-state index in [0.717, 1.165) is 5.75 Å². The van der Waals surface area contributed by atoms with Gasteiger partial charge in [0.1, 0.15) is 6.33 Å². The smallest absolute Gasteiger partial charge is 0.240 e. The molecule has 0 aliphatic carbocycles. The van der Waals surface area contributed by atoms with Gasteiger partial charge in [-0.2, -0.15) is 15.0 Å². The zero-order valence-corrected chi connectivity index (χ0v) is 10.8. The molecule has 0 atom stereocenters. The minimum Gasteiger partial charge on any atom is -0.396 e. The number of nitrogens with one attached hydrogen (secondary N) is 1. The van der Waals surface area contributed by atoms with Crippen LogP contribution in [-0.2, 0) is 0 Å². The van der Waals surface area contributed by atoms with Crippen molar-refractivity contribution >= 4 is 17.7 Å². The van der Waals surface area contributed by atoms with Gasteiger partial charge in [-0.3, -0.25) is 4.57 Å². The maximum absolute atomic E-state index is 8.76. The molecule has 2 rings (SSSR count). The van der Waals surface area contributed by atoms with Crippen LogP contribution in [0.3, 0.4) is 0 Å². The van der Waals surface area contributed by atoms with E-state index >= 15 is 0 Å². The maximum atomic E-state index is 8.76. The summed E-state index contributed by atoms with van der Waals surface area (Å²) in [6.07, 6.45) is 5.79. The molecule has 0 saturated heterocycles. The van der Waals surface area contributed by atoms with Crippen LogP contribution in [0.2, 0.25) is 0 Å². The van der Waals surface area contributed by atoms with Gasteiger partial charge in [0.05, 0.1) is 0 Å². The van der Waals surface area contributed by atoms with Gasteiger partial charge in [0, 0.05) is 31.8 Å². The normalized spacial score (nSPS) is 10.6. The summed E-state index contributed by atoms with van der Waals surface area (Å²) in [4.78, 5) is 16.8. The zero-order chi connectivity index (χ0) is 12.8. The number of rotatable bonds is 6. The Morgan fingerprint density at radius 1 is 1.39 bits per heavy atom. The summed E-state index contributed by atoms with van der Waals surface area (Å²) in [5, 5.41) is 12.3. The van der Waals surface area contributed by atoms with Crippen LogP contribution in [0.25, 0.3) is 5.95 Å². The fourth-order valence-corrected chi connectivity index (χ4v) is 2.00. The molecule has 0 fully saturated rings. The fourth-order valence-electron chi connectivity index (χ4n) is 1.24. The predicted octanol–water partition coefficient (Wildman–Crippen LogP) is 0.574. The Kier molecular flexibility index (Phi) is 4.48. The zero-order valence-electron chi connectivity index (χ0n) is 9.94. The van der Waals surface area contributed by atoms with Crippen molar-refractivity contribution in [2.45, 2.75) is 11.6 Å². The Labute approximate surface area is 109 Å². The van der Waals surface area contributed by atoms with Crippen LogP contribution in [0.1, 0.15) is 6.42 Å². The molecule has 8 heteroatoms. The highest BCUT2D eigenvalue weighted by atomic mass is 32.2. The van der Waals surface area contributed by atoms with Crippen molar-refractivity contribution in [3.8, 4) is 5.95 Å². The standard InChI is InChI=1S/C10H14N6OS/c1-11-8-13-9(16-4-3-12-7-16)15-10(14-8)18-6-2-5-17/h3-4,7,17H,2,5-6H2,1H3,(H,11,13,14,15). The molecule has 18 heavy (non-hydrogen) atoms. The van der Waals surface area contributed by atoms with Crippen LogP contribution < -0.4 is 5.32 Å². The number of aliphatic hydroxyl groups is 1. The highest BCUT2D eigenvalue weighted by molar-refractivity contribution is 7.99. The van der Waals surface area contributed by atoms with E-state index in [1.807, 2.05) is 0 Å². The van der Waals surface area contributed by atoms with Crippen LogP contribution in [0.5, 0.6) is 0 Å². The highest BCUT2D eigenvalue weighted by Crippen LogP contribution is 2.16. The van der Waals surface area contributed by atoms with Gasteiger partial charge in [-0.25, -0.2) is 4.98 Å². The van der Waals surface area contributed by atoms with Gasteiger partial charge >= 0.3 is 0 Å². The van der Waals surface area contributed by atoms with Crippen LogP contribution in [0, 0.1) is 0 Å². The largest absolute Gasteiger partial charge is 0.396 e. The molecule has 0 unspecified atom stereocenters. The molecule has 0 bridgehead atoms. The molecule has 0 aliphatic heterocycles. The molecule has 2 aromatic heterocycles. The van der Waals surface area contributed by atoms with Gasteiger partial charge in [0.25, 0.3) is 0 Å². The first-order valence-corrected chi connectivity index (χ1v) is 6.48. The van der Waals surface area contributed by atoms with Crippen LogP contribution >= 0.6 is 11.8 Å². The summed E-state index contributed by atoms with van der Waals surface area (Å²) >= 11 is 1.49. The Balaban J connectivity index is 2.22. The van der Waals surface area contributed by atoms with Gasteiger partial charge in [-0.05, 0) is 6.42 Å². The number of aliphatic hydroxyl groups excluding tert-OH is 1.